The predicted molar refractivity (Wildman–Crippen MR) is 68.4 cm³/mol. The van der Waals surface area contributed by atoms with E-state index in [9.17, 15) is 9.59 Å². The monoisotopic (exact) mass is 252 g/mol. The third-order valence-electron chi connectivity index (χ3n) is 2.44. The van der Waals surface area contributed by atoms with Gasteiger partial charge in [0.05, 0.1) is 0 Å². The van der Waals surface area contributed by atoms with Gasteiger partial charge in [-0.2, -0.15) is 0 Å². The third-order valence-corrected chi connectivity index (χ3v) is 2.44. The molecule has 0 saturated heterocycles. The first kappa shape index (κ1) is 14.3. The summed E-state index contributed by atoms with van der Waals surface area (Å²) in [6, 6.07) is 3.46. The zero-order valence-corrected chi connectivity index (χ0v) is 11.3. The molecular formula is C13H20N2O3. The molecule has 1 N–H and O–H groups in total. The van der Waals surface area contributed by atoms with Crippen molar-refractivity contribution in [3.05, 3.63) is 24.0 Å². The molecule has 1 rings (SSSR count). The van der Waals surface area contributed by atoms with Crippen LogP contribution in [0, 0.1) is 5.41 Å². The number of hydrogen-bond acceptors (Lipinski definition) is 2. The van der Waals surface area contributed by atoms with Crippen LogP contribution in [0.15, 0.2) is 18.3 Å². The molecule has 0 aliphatic rings. The average molecular weight is 252 g/mol. The van der Waals surface area contributed by atoms with Gasteiger partial charge < -0.3 is 14.6 Å². The maximum absolute atomic E-state index is 12.3. The molecule has 1 amide bonds. The molecule has 100 valence electrons. The minimum atomic E-state index is -0.998. The minimum Gasteiger partial charge on any atom is -0.480 e. The fourth-order valence-electron chi connectivity index (χ4n) is 1.78. The smallest absolute Gasteiger partial charge is 0.323 e. The van der Waals surface area contributed by atoms with Crippen molar-refractivity contribution in [1.29, 1.82) is 0 Å². The topological polar surface area (TPSA) is 62.5 Å². The van der Waals surface area contributed by atoms with Gasteiger partial charge in [0, 0.05) is 19.8 Å². The van der Waals surface area contributed by atoms with Crippen molar-refractivity contribution in [3.63, 3.8) is 0 Å². The first-order chi connectivity index (χ1) is 8.20. The highest BCUT2D eigenvalue weighted by Crippen LogP contribution is 2.17. The van der Waals surface area contributed by atoms with E-state index in [1.165, 1.54) is 4.90 Å². The van der Waals surface area contributed by atoms with Crippen LogP contribution < -0.4 is 0 Å². The van der Waals surface area contributed by atoms with Gasteiger partial charge in [0.25, 0.3) is 5.91 Å². The second-order valence-corrected chi connectivity index (χ2v) is 5.62. The van der Waals surface area contributed by atoms with Gasteiger partial charge in [0.2, 0.25) is 0 Å². The van der Waals surface area contributed by atoms with Crippen LogP contribution in [0.25, 0.3) is 0 Å². The zero-order valence-electron chi connectivity index (χ0n) is 11.3. The fourth-order valence-corrected chi connectivity index (χ4v) is 1.78. The molecule has 1 aromatic heterocycles. The van der Waals surface area contributed by atoms with Crippen LogP contribution in [0.4, 0.5) is 0 Å². The van der Waals surface area contributed by atoms with E-state index < -0.39 is 5.97 Å². The second-order valence-electron chi connectivity index (χ2n) is 5.62. The van der Waals surface area contributed by atoms with Gasteiger partial charge in [0.15, 0.2) is 0 Å². The summed E-state index contributed by atoms with van der Waals surface area (Å²) >= 11 is 0. The van der Waals surface area contributed by atoms with Gasteiger partial charge in [-0.25, -0.2) is 0 Å². The number of rotatable bonds is 4. The quantitative estimate of drug-likeness (QED) is 0.885. The Bertz CT molecular complexity index is 443. The number of aliphatic carboxylic acids is 1. The molecule has 1 heterocycles. The van der Waals surface area contributed by atoms with Crippen LogP contribution in [0.3, 0.4) is 0 Å². The van der Waals surface area contributed by atoms with Crippen molar-refractivity contribution < 1.29 is 14.7 Å². The van der Waals surface area contributed by atoms with Gasteiger partial charge >= 0.3 is 5.97 Å². The van der Waals surface area contributed by atoms with E-state index in [4.69, 9.17) is 5.11 Å². The molecule has 0 aliphatic heterocycles. The molecule has 1 aromatic rings. The van der Waals surface area contributed by atoms with E-state index in [1.807, 2.05) is 20.8 Å². The molecule has 5 heteroatoms. The van der Waals surface area contributed by atoms with Crippen molar-refractivity contribution in [2.24, 2.45) is 12.5 Å². The van der Waals surface area contributed by atoms with Crippen LogP contribution in [0.5, 0.6) is 0 Å². The summed E-state index contributed by atoms with van der Waals surface area (Å²) < 4.78 is 1.69. The molecule has 0 fully saturated rings. The number of carbonyl (C=O) groups excluding carboxylic acids is 1. The van der Waals surface area contributed by atoms with Crippen LogP contribution in [-0.2, 0) is 11.8 Å². The zero-order chi connectivity index (χ0) is 13.9. The summed E-state index contributed by atoms with van der Waals surface area (Å²) in [4.78, 5) is 24.5. The van der Waals surface area contributed by atoms with Crippen LogP contribution >= 0.6 is 0 Å². The van der Waals surface area contributed by atoms with E-state index in [1.54, 1.807) is 29.9 Å². The Labute approximate surface area is 107 Å². The molecule has 0 atom stereocenters. The number of carbonyl (C=O) groups is 2. The average Bonchev–Trinajstić information content (AvgIpc) is 2.59. The van der Waals surface area contributed by atoms with Crippen molar-refractivity contribution in [1.82, 2.24) is 9.47 Å². The number of aryl methyl sites for hydroxylation is 1. The molecule has 5 nitrogen and oxygen atoms in total. The molecule has 0 aromatic carbocycles. The largest absolute Gasteiger partial charge is 0.480 e. The summed E-state index contributed by atoms with van der Waals surface area (Å²) in [5, 5.41) is 8.90. The van der Waals surface area contributed by atoms with Crippen molar-refractivity contribution in [3.8, 4) is 0 Å². The van der Waals surface area contributed by atoms with Gasteiger partial charge in [-0.05, 0) is 17.5 Å². The highest BCUT2D eigenvalue weighted by molar-refractivity contribution is 5.94. The first-order valence-electron chi connectivity index (χ1n) is 5.83. The normalized spacial score (nSPS) is 11.3. The maximum Gasteiger partial charge on any atom is 0.323 e. The molecule has 0 spiro atoms. The molecule has 0 radical (unpaired) electrons. The summed E-state index contributed by atoms with van der Waals surface area (Å²) in [6.07, 6.45) is 1.77. The highest BCUT2D eigenvalue weighted by Gasteiger charge is 2.25. The Morgan fingerprint density at radius 1 is 1.39 bits per heavy atom. The summed E-state index contributed by atoms with van der Waals surface area (Å²) in [6.45, 7) is 6.05. The number of nitrogens with zero attached hydrogens (tertiary/aromatic N) is 2. The maximum atomic E-state index is 12.3. The molecular weight excluding hydrogens is 232 g/mol. The van der Waals surface area contributed by atoms with E-state index in [0.717, 1.165) is 0 Å². The van der Waals surface area contributed by atoms with Gasteiger partial charge in [0.1, 0.15) is 12.2 Å². The lowest BCUT2D eigenvalue weighted by atomic mass is 9.96. The molecule has 0 unspecified atom stereocenters. The Balaban J connectivity index is 2.93. The highest BCUT2D eigenvalue weighted by atomic mass is 16.4. The van der Waals surface area contributed by atoms with Gasteiger partial charge in [-0.15, -0.1) is 0 Å². The number of hydrogen-bond donors (Lipinski definition) is 1. The lowest BCUT2D eigenvalue weighted by Crippen LogP contribution is -2.41. The van der Waals surface area contributed by atoms with Crippen LogP contribution in [0.1, 0.15) is 31.3 Å². The molecule has 18 heavy (non-hydrogen) atoms. The Morgan fingerprint density at radius 3 is 2.39 bits per heavy atom. The standard InChI is InChI=1S/C13H20N2O3/c1-13(2,3)9-15(8-11(16)17)12(18)10-6-5-7-14(10)4/h5-7H,8-9H2,1-4H3,(H,16,17). The number of carboxylic acids is 1. The van der Waals surface area contributed by atoms with Crippen molar-refractivity contribution in [2.75, 3.05) is 13.1 Å². The van der Waals surface area contributed by atoms with E-state index in [-0.39, 0.29) is 17.9 Å². The lowest BCUT2D eigenvalue weighted by Gasteiger charge is -2.28. The minimum absolute atomic E-state index is 0.143. The summed E-state index contributed by atoms with van der Waals surface area (Å²) in [5.41, 5.74) is 0.358. The molecule has 0 aliphatic carbocycles. The molecule has 0 bridgehead atoms. The third kappa shape index (κ3) is 3.91. The second kappa shape index (κ2) is 5.25. The number of amides is 1. The lowest BCUT2D eigenvalue weighted by molar-refractivity contribution is -0.138. The Hall–Kier alpha value is -1.78. The first-order valence-corrected chi connectivity index (χ1v) is 5.83. The van der Waals surface area contributed by atoms with Crippen LogP contribution in [0.2, 0.25) is 0 Å². The van der Waals surface area contributed by atoms with E-state index in [2.05, 4.69) is 0 Å². The van der Waals surface area contributed by atoms with Crippen molar-refractivity contribution >= 4 is 11.9 Å². The van der Waals surface area contributed by atoms with E-state index in [0.29, 0.717) is 12.2 Å². The van der Waals surface area contributed by atoms with Gasteiger partial charge in [-0.1, -0.05) is 20.8 Å². The number of aromatic nitrogens is 1. The summed E-state index contributed by atoms with van der Waals surface area (Å²) in [7, 11) is 1.77. The SMILES string of the molecule is Cn1cccc1C(=O)N(CC(=O)O)CC(C)(C)C. The Morgan fingerprint density at radius 2 is 2.00 bits per heavy atom. The van der Waals surface area contributed by atoms with Gasteiger partial charge in [-0.3, -0.25) is 9.59 Å². The Kier molecular flexibility index (Phi) is 4.16. The molecule has 0 saturated carbocycles. The fraction of sp³-hybridized carbons (Fsp3) is 0.538. The number of carboxylic acid groups (broad SMARTS) is 1. The van der Waals surface area contributed by atoms with E-state index >= 15 is 0 Å². The summed E-state index contributed by atoms with van der Waals surface area (Å²) in [5.74, 6) is -1.25. The predicted octanol–water partition coefficient (Wildman–Crippen LogP) is 1.60. The van der Waals surface area contributed by atoms with Crippen LogP contribution in [-0.4, -0.2) is 39.5 Å². The van der Waals surface area contributed by atoms with Crippen molar-refractivity contribution in [2.45, 2.75) is 20.8 Å².